The van der Waals surface area contributed by atoms with Crippen LogP contribution >= 0.6 is 0 Å². The first-order valence-electron chi connectivity index (χ1n) is 5.82. The van der Waals surface area contributed by atoms with Crippen molar-refractivity contribution >= 4 is 5.69 Å². The largest absolute Gasteiger partial charge is 0.378 e. The molecule has 0 atom stereocenters. The van der Waals surface area contributed by atoms with E-state index in [1.165, 1.54) is 0 Å². The number of hydrogen-bond acceptors (Lipinski definition) is 2. The van der Waals surface area contributed by atoms with E-state index in [-0.39, 0.29) is 5.69 Å². The highest BCUT2D eigenvalue weighted by atomic mass is 19.1. The van der Waals surface area contributed by atoms with Crippen molar-refractivity contribution in [1.82, 2.24) is 9.78 Å². The van der Waals surface area contributed by atoms with E-state index in [9.17, 15) is 8.78 Å². The Hall–Kier alpha value is -1.91. The fraction of sp³-hybridized carbons (Fsp3) is 0.308. The molecule has 0 saturated heterocycles. The maximum atomic E-state index is 13.4. The average Bonchev–Trinajstić information content (AvgIpc) is 2.71. The van der Waals surface area contributed by atoms with Gasteiger partial charge in [-0.05, 0) is 32.0 Å². The molecule has 0 fully saturated rings. The number of nitrogens with zero attached hydrogens (tertiary/aromatic N) is 2. The molecule has 3 nitrogen and oxygen atoms in total. The van der Waals surface area contributed by atoms with Gasteiger partial charge in [-0.3, -0.25) is 4.68 Å². The third-order valence-electron chi connectivity index (χ3n) is 2.77. The number of hydrogen-bond donors (Lipinski definition) is 1. The number of benzene rings is 1. The summed E-state index contributed by atoms with van der Waals surface area (Å²) in [6, 6.07) is 3.36. The molecule has 0 aliphatic heterocycles. The Bertz CT molecular complexity index is 549. The average molecular weight is 251 g/mol. The number of nitrogens with one attached hydrogen (secondary N) is 1. The zero-order valence-electron chi connectivity index (χ0n) is 10.4. The molecule has 0 aliphatic carbocycles. The second-order valence-corrected chi connectivity index (χ2v) is 4.07. The van der Waals surface area contributed by atoms with Crippen molar-refractivity contribution < 1.29 is 8.78 Å². The molecule has 1 heterocycles. The molecule has 2 aromatic rings. The van der Waals surface area contributed by atoms with Crippen molar-refractivity contribution in [2.75, 3.05) is 5.32 Å². The fourth-order valence-corrected chi connectivity index (χ4v) is 1.72. The first kappa shape index (κ1) is 12.5. The number of halogens is 2. The Morgan fingerprint density at radius 3 is 2.78 bits per heavy atom. The molecule has 1 aromatic heterocycles. The van der Waals surface area contributed by atoms with Crippen LogP contribution in [-0.2, 0) is 13.1 Å². The maximum absolute atomic E-state index is 13.4. The van der Waals surface area contributed by atoms with Crippen molar-refractivity contribution in [2.45, 2.75) is 26.9 Å². The van der Waals surface area contributed by atoms with Gasteiger partial charge in [0.05, 0.1) is 11.4 Å². The molecule has 1 N–H and O–H groups in total. The Morgan fingerprint density at radius 2 is 2.11 bits per heavy atom. The van der Waals surface area contributed by atoms with Gasteiger partial charge >= 0.3 is 0 Å². The van der Waals surface area contributed by atoms with Gasteiger partial charge < -0.3 is 5.32 Å². The van der Waals surface area contributed by atoms with E-state index in [4.69, 9.17) is 0 Å². The van der Waals surface area contributed by atoms with Crippen LogP contribution in [0.3, 0.4) is 0 Å². The minimum Gasteiger partial charge on any atom is -0.378 e. The normalized spacial score (nSPS) is 10.7. The lowest BCUT2D eigenvalue weighted by Gasteiger charge is -2.06. The van der Waals surface area contributed by atoms with Crippen molar-refractivity contribution in [3.8, 4) is 0 Å². The Balaban J connectivity index is 2.11. The molecule has 0 saturated carbocycles. The molecule has 18 heavy (non-hydrogen) atoms. The van der Waals surface area contributed by atoms with Gasteiger partial charge in [0.2, 0.25) is 0 Å². The molecule has 0 unspecified atom stereocenters. The summed E-state index contributed by atoms with van der Waals surface area (Å²) < 4.78 is 28.2. The van der Waals surface area contributed by atoms with Crippen LogP contribution in [0.15, 0.2) is 24.4 Å². The zero-order chi connectivity index (χ0) is 13.1. The lowest BCUT2D eigenvalue weighted by molar-refractivity contribution is 0.602. The summed E-state index contributed by atoms with van der Waals surface area (Å²) >= 11 is 0. The SMILES string of the molecule is CCn1cc(CNc2cc(F)ccc2F)c(C)n1. The predicted octanol–water partition coefficient (Wildman–Crippen LogP) is 3.10. The highest BCUT2D eigenvalue weighted by Crippen LogP contribution is 2.17. The van der Waals surface area contributed by atoms with Crippen LogP contribution in [0.5, 0.6) is 0 Å². The Morgan fingerprint density at radius 1 is 1.33 bits per heavy atom. The van der Waals surface area contributed by atoms with Crippen LogP contribution in [0.4, 0.5) is 14.5 Å². The minimum atomic E-state index is -0.461. The highest BCUT2D eigenvalue weighted by Gasteiger charge is 2.07. The standard InChI is InChI=1S/C13H15F2N3/c1-3-18-8-10(9(2)17-18)7-16-13-6-11(14)4-5-12(13)15/h4-6,8,16H,3,7H2,1-2H3. The summed E-state index contributed by atoms with van der Waals surface area (Å²) in [5.41, 5.74) is 2.03. The van der Waals surface area contributed by atoms with Crippen LogP contribution in [0.2, 0.25) is 0 Å². The van der Waals surface area contributed by atoms with Crippen LogP contribution in [0, 0.1) is 18.6 Å². The molecule has 0 aliphatic rings. The topological polar surface area (TPSA) is 29.9 Å². The smallest absolute Gasteiger partial charge is 0.146 e. The number of aromatic nitrogens is 2. The second kappa shape index (κ2) is 5.16. The molecule has 2 rings (SSSR count). The van der Waals surface area contributed by atoms with E-state index in [1.807, 2.05) is 24.7 Å². The van der Waals surface area contributed by atoms with Gasteiger partial charge in [-0.15, -0.1) is 0 Å². The summed E-state index contributed by atoms with van der Waals surface area (Å²) in [6.45, 7) is 5.10. The summed E-state index contributed by atoms with van der Waals surface area (Å²) in [7, 11) is 0. The van der Waals surface area contributed by atoms with E-state index >= 15 is 0 Å². The highest BCUT2D eigenvalue weighted by molar-refractivity contribution is 5.45. The molecule has 0 bridgehead atoms. The minimum absolute atomic E-state index is 0.165. The molecule has 0 spiro atoms. The molecule has 1 aromatic carbocycles. The first-order chi connectivity index (χ1) is 8.60. The van der Waals surface area contributed by atoms with Gasteiger partial charge in [0.1, 0.15) is 11.6 Å². The predicted molar refractivity (Wildman–Crippen MR) is 66.3 cm³/mol. The van der Waals surface area contributed by atoms with Crippen molar-refractivity contribution in [2.24, 2.45) is 0 Å². The van der Waals surface area contributed by atoms with Gasteiger partial charge in [0.25, 0.3) is 0 Å². The zero-order valence-corrected chi connectivity index (χ0v) is 10.4. The molecular weight excluding hydrogens is 236 g/mol. The molecular formula is C13H15F2N3. The number of rotatable bonds is 4. The van der Waals surface area contributed by atoms with Crippen molar-refractivity contribution in [1.29, 1.82) is 0 Å². The van der Waals surface area contributed by atoms with Crippen LogP contribution < -0.4 is 5.32 Å². The van der Waals surface area contributed by atoms with E-state index in [2.05, 4.69) is 10.4 Å². The monoisotopic (exact) mass is 251 g/mol. The molecule has 5 heteroatoms. The van der Waals surface area contributed by atoms with Gasteiger partial charge in [-0.2, -0.15) is 5.10 Å². The number of aryl methyl sites for hydroxylation is 2. The number of anilines is 1. The Labute approximate surface area is 104 Å². The fourth-order valence-electron chi connectivity index (χ4n) is 1.72. The van der Waals surface area contributed by atoms with E-state index < -0.39 is 11.6 Å². The van der Waals surface area contributed by atoms with Crippen LogP contribution in [-0.4, -0.2) is 9.78 Å². The summed E-state index contributed by atoms with van der Waals surface area (Å²) in [5, 5.41) is 7.17. The van der Waals surface area contributed by atoms with E-state index in [1.54, 1.807) is 0 Å². The lowest BCUT2D eigenvalue weighted by atomic mass is 10.2. The quantitative estimate of drug-likeness (QED) is 0.904. The van der Waals surface area contributed by atoms with E-state index in [0.717, 1.165) is 36.0 Å². The molecule has 0 amide bonds. The third-order valence-corrected chi connectivity index (χ3v) is 2.77. The van der Waals surface area contributed by atoms with Crippen LogP contribution in [0.1, 0.15) is 18.2 Å². The third kappa shape index (κ3) is 2.67. The lowest BCUT2D eigenvalue weighted by Crippen LogP contribution is -2.02. The van der Waals surface area contributed by atoms with Crippen LogP contribution in [0.25, 0.3) is 0 Å². The summed E-state index contributed by atoms with van der Waals surface area (Å²) in [4.78, 5) is 0. The summed E-state index contributed by atoms with van der Waals surface area (Å²) in [6.07, 6.45) is 1.90. The molecule has 0 radical (unpaired) electrons. The van der Waals surface area contributed by atoms with Gasteiger partial charge in [0.15, 0.2) is 0 Å². The second-order valence-electron chi connectivity index (χ2n) is 4.07. The van der Waals surface area contributed by atoms with Gasteiger partial charge in [0, 0.05) is 24.8 Å². The summed E-state index contributed by atoms with van der Waals surface area (Å²) in [5.74, 6) is -0.920. The van der Waals surface area contributed by atoms with Gasteiger partial charge in [-0.25, -0.2) is 8.78 Å². The maximum Gasteiger partial charge on any atom is 0.146 e. The van der Waals surface area contributed by atoms with Crippen molar-refractivity contribution in [3.05, 3.63) is 47.3 Å². The van der Waals surface area contributed by atoms with Crippen molar-refractivity contribution in [3.63, 3.8) is 0 Å². The Kier molecular flexibility index (Phi) is 3.60. The first-order valence-corrected chi connectivity index (χ1v) is 5.82. The van der Waals surface area contributed by atoms with Gasteiger partial charge in [-0.1, -0.05) is 0 Å². The molecule has 96 valence electrons. The van der Waals surface area contributed by atoms with E-state index in [0.29, 0.717) is 6.54 Å².